The minimum Gasteiger partial charge on any atom is -0.119 e. The summed E-state index contributed by atoms with van der Waals surface area (Å²) in [6.45, 7) is 1.06. The second-order valence-electron chi connectivity index (χ2n) is 3.39. The summed E-state index contributed by atoms with van der Waals surface area (Å²) in [7, 11) is -1.90. The third kappa shape index (κ3) is 13.0. The highest BCUT2D eigenvalue weighted by molar-refractivity contribution is 9.09. The van der Waals surface area contributed by atoms with Crippen molar-refractivity contribution in [2.75, 3.05) is 23.9 Å². The maximum atomic E-state index is 11.2. The standard InChI is InChI=1S/C10H20Br2O3P/c11-7-3-1-5-9-14-16(13)15-10-6-2-4-8-12/h1-10H2/q+1. The molecule has 96 valence electrons. The molecule has 0 saturated heterocycles. The molecule has 6 heteroatoms. The fourth-order valence-corrected chi connectivity index (χ4v) is 2.49. The van der Waals surface area contributed by atoms with Crippen molar-refractivity contribution >= 4 is 40.1 Å². The van der Waals surface area contributed by atoms with E-state index in [4.69, 9.17) is 9.05 Å². The van der Waals surface area contributed by atoms with Crippen LogP contribution >= 0.6 is 40.1 Å². The second-order valence-corrected chi connectivity index (χ2v) is 5.94. The average Bonchev–Trinajstić information content (AvgIpc) is 2.28. The highest BCUT2D eigenvalue weighted by Crippen LogP contribution is 2.24. The summed E-state index contributed by atoms with van der Waals surface area (Å²) >= 11 is 6.72. The first-order chi connectivity index (χ1) is 7.81. The van der Waals surface area contributed by atoms with Gasteiger partial charge < -0.3 is 0 Å². The van der Waals surface area contributed by atoms with Crippen molar-refractivity contribution < 1.29 is 13.6 Å². The zero-order valence-corrected chi connectivity index (χ0v) is 13.6. The Morgan fingerprint density at radius 2 is 1.19 bits per heavy atom. The Bertz CT molecular complexity index is 154. The van der Waals surface area contributed by atoms with Crippen molar-refractivity contribution in [3.63, 3.8) is 0 Å². The van der Waals surface area contributed by atoms with Gasteiger partial charge >= 0.3 is 8.25 Å². The highest BCUT2D eigenvalue weighted by Gasteiger charge is 2.18. The van der Waals surface area contributed by atoms with Gasteiger partial charge in [0.05, 0.1) is 0 Å². The summed E-state index contributed by atoms with van der Waals surface area (Å²) in [5, 5.41) is 2.03. The van der Waals surface area contributed by atoms with Gasteiger partial charge in [-0.25, -0.2) is 0 Å². The van der Waals surface area contributed by atoms with Crippen LogP contribution in [-0.4, -0.2) is 23.9 Å². The molecule has 0 aliphatic rings. The van der Waals surface area contributed by atoms with Gasteiger partial charge in [-0.1, -0.05) is 44.7 Å². The Morgan fingerprint density at radius 3 is 1.56 bits per heavy atom. The molecule has 0 heterocycles. The van der Waals surface area contributed by atoms with Crippen LogP contribution in [0.5, 0.6) is 0 Å². The molecule has 0 spiro atoms. The van der Waals surface area contributed by atoms with E-state index in [9.17, 15) is 4.57 Å². The van der Waals surface area contributed by atoms with E-state index >= 15 is 0 Å². The van der Waals surface area contributed by atoms with Crippen molar-refractivity contribution in [3.05, 3.63) is 0 Å². The highest BCUT2D eigenvalue weighted by atomic mass is 79.9. The molecule has 0 unspecified atom stereocenters. The Labute approximate surface area is 116 Å². The summed E-state index contributed by atoms with van der Waals surface area (Å²) in [6.07, 6.45) is 6.35. The largest absolute Gasteiger partial charge is 0.697 e. The lowest BCUT2D eigenvalue weighted by Crippen LogP contribution is -1.92. The number of alkyl halides is 2. The van der Waals surface area contributed by atoms with Crippen LogP contribution in [0.15, 0.2) is 0 Å². The van der Waals surface area contributed by atoms with Crippen LogP contribution in [-0.2, 0) is 13.6 Å². The third-order valence-electron chi connectivity index (χ3n) is 1.95. The molecule has 0 aliphatic carbocycles. The predicted molar refractivity (Wildman–Crippen MR) is 74.8 cm³/mol. The smallest absolute Gasteiger partial charge is 0.119 e. The van der Waals surface area contributed by atoms with Crippen LogP contribution in [0.1, 0.15) is 38.5 Å². The maximum absolute atomic E-state index is 11.2. The fourth-order valence-electron chi connectivity index (χ4n) is 1.06. The molecule has 0 rings (SSSR count). The number of hydrogen-bond acceptors (Lipinski definition) is 3. The summed E-state index contributed by atoms with van der Waals surface area (Å²) in [5.41, 5.74) is 0. The first kappa shape index (κ1) is 17.0. The Hall–Kier alpha value is 0.980. The molecule has 0 aliphatic heterocycles. The number of rotatable bonds is 12. The van der Waals surface area contributed by atoms with Gasteiger partial charge in [-0.05, 0) is 25.7 Å². The zero-order valence-electron chi connectivity index (χ0n) is 9.50. The maximum Gasteiger partial charge on any atom is 0.697 e. The molecule has 0 radical (unpaired) electrons. The Balaban J connectivity index is 3.12. The quantitative estimate of drug-likeness (QED) is 0.278. The SMILES string of the molecule is O=[P+](OCCCCCBr)OCCCCCBr. The van der Waals surface area contributed by atoms with E-state index in [2.05, 4.69) is 31.9 Å². The van der Waals surface area contributed by atoms with E-state index < -0.39 is 8.25 Å². The summed E-state index contributed by atoms with van der Waals surface area (Å²) < 4.78 is 21.3. The topological polar surface area (TPSA) is 35.5 Å². The molecular formula is C10H20Br2O3P+. The molecule has 0 saturated carbocycles. The van der Waals surface area contributed by atoms with Crippen LogP contribution in [0.2, 0.25) is 0 Å². The van der Waals surface area contributed by atoms with E-state index in [1.807, 2.05) is 0 Å². The van der Waals surface area contributed by atoms with Gasteiger partial charge in [0, 0.05) is 15.2 Å². The molecule has 0 aromatic rings. The molecule has 16 heavy (non-hydrogen) atoms. The normalized spacial score (nSPS) is 10.6. The minimum atomic E-state index is -1.90. The molecule has 0 atom stereocenters. The minimum absolute atomic E-state index is 0.531. The third-order valence-corrected chi connectivity index (χ3v) is 3.86. The van der Waals surface area contributed by atoms with Gasteiger partial charge in [0.25, 0.3) is 0 Å². The summed E-state index contributed by atoms with van der Waals surface area (Å²) in [5.74, 6) is 0. The van der Waals surface area contributed by atoms with Crippen molar-refractivity contribution in [2.24, 2.45) is 0 Å². The van der Waals surface area contributed by atoms with E-state index in [-0.39, 0.29) is 0 Å². The van der Waals surface area contributed by atoms with Gasteiger partial charge in [0.2, 0.25) is 0 Å². The lowest BCUT2D eigenvalue weighted by Gasteiger charge is -1.94. The fraction of sp³-hybridized carbons (Fsp3) is 1.00. The molecule has 3 nitrogen and oxygen atoms in total. The van der Waals surface area contributed by atoms with Gasteiger partial charge in [-0.2, -0.15) is 0 Å². The molecule has 0 amide bonds. The van der Waals surface area contributed by atoms with Crippen LogP contribution in [0.3, 0.4) is 0 Å². The van der Waals surface area contributed by atoms with Gasteiger partial charge in [0.1, 0.15) is 13.2 Å². The number of unbranched alkanes of at least 4 members (excludes halogenated alkanes) is 4. The van der Waals surface area contributed by atoms with Crippen molar-refractivity contribution in [2.45, 2.75) is 38.5 Å². The first-order valence-electron chi connectivity index (χ1n) is 5.66. The average molecular weight is 379 g/mol. The Kier molecular flexibility index (Phi) is 14.9. The molecule has 0 fully saturated rings. The lowest BCUT2D eigenvalue weighted by atomic mass is 10.3. The molecule has 0 N–H and O–H groups in total. The van der Waals surface area contributed by atoms with Crippen LogP contribution in [0.4, 0.5) is 0 Å². The van der Waals surface area contributed by atoms with Crippen molar-refractivity contribution in [1.29, 1.82) is 0 Å². The summed E-state index contributed by atoms with van der Waals surface area (Å²) in [6, 6.07) is 0. The first-order valence-corrected chi connectivity index (χ1v) is 9.00. The van der Waals surface area contributed by atoms with E-state index in [0.717, 1.165) is 49.2 Å². The number of halogens is 2. The van der Waals surface area contributed by atoms with E-state index in [1.54, 1.807) is 0 Å². The molecule has 0 aromatic heterocycles. The number of hydrogen-bond donors (Lipinski definition) is 0. The van der Waals surface area contributed by atoms with Crippen LogP contribution in [0.25, 0.3) is 0 Å². The van der Waals surface area contributed by atoms with Gasteiger partial charge in [0.15, 0.2) is 0 Å². The van der Waals surface area contributed by atoms with Crippen molar-refractivity contribution in [3.8, 4) is 0 Å². The predicted octanol–water partition coefficient (Wildman–Crippen LogP) is 4.81. The van der Waals surface area contributed by atoms with Gasteiger partial charge in [-0.3, -0.25) is 0 Å². The lowest BCUT2D eigenvalue weighted by molar-refractivity contribution is 0.219. The summed E-state index contributed by atoms with van der Waals surface area (Å²) in [4.78, 5) is 0. The van der Waals surface area contributed by atoms with Crippen LogP contribution in [0, 0.1) is 0 Å². The monoisotopic (exact) mass is 377 g/mol. The second kappa shape index (κ2) is 14.0. The van der Waals surface area contributed by atoms with Crippen LogP contribution < -0.4 is 0 Å². The zero-order chi connectivity index (χ0) is 12.1. The van der Waals surface area contributed by atoms with Gasteiger partial charge in [-0.15, -0.1) is 9.05 Å². The molecule has 0 aromatic carbocycles. The Morgan fingerprint density at radius 1 is 0.750 bits per heavy atom. The van der Waals surface area contributed by atoms with E-state index in [0.29, 0.717) is 13.2 Å². The molecule has 0 bridgehead atoms. The van der Waals surface area contributed by atoms with E-state index in [1.165, 1.54) is 0 Å². The molecular weight excluding hydrogens is 359 g/mol. The van der Waals surface area contributed by atoms with Crippen molar-refractivity contribution in [1.82, 2.24) is 0 Å².